The van der Waals surface area contributed by atoms with Crippen LogP contribution in [0.5, 0.6) is 0 Å². The average Bonchev–Trinajstić information content (AvgIpc) is 2.82. The second kappa shape index (κ2) is 6.73. The van der Waals surface area contributed by atoms with Crippen molar-refractivity contribution in [2.45, 2.75) is 31.1 Å². The Morgan fingerprint density at radius 3 is 2.58 bits per heavy atom. The summed E-state index contributed by atoms with van der Waals surface area (Å²) in [6, 6.07) is 9.68. The highest BCUT2D eigenvalue weighted by Gasteiger charge is 2.24. The van der Waals surface area contributed by atoms with Crippen LogP contribution in [0.4, 0.5) is 0 Å². The first kappa shape index (κ1) is 14.8. The highest BCUT2D eigenvalue weighted by Crippen LogP contribution is 2.28. The number of hydrogen-bond acceptors (Lipinski definition) is 2. The molecule has 3 nitrogen and oxygen atoms in total. The molecule has 106 valence electrons. The average molecular weight is 302 g/mol. The molecule has 19 heavy (non-hydrogen) atoms. The normalized spacial score (nSPS) is 23.6. The lowest BCUT2D eigenvalue weighted by Gasteiger charge is -2.11. The van der Waals surface area contributed by atoms with E-state index in [4.69, 9.17) is 11.6 Å². The van der Waals surface area contributed by atoms with Gasteiger partial charge in [-0.15, -0.1) is 11.6 Å². The topological polar surface area (TPSA) is 46.2 Å². The van der Waals surface area contributed by atoms with Gasteiger partial charge in [-0.1, -0.05) is 30.3 Å². The first-order chi connectivity index (χ1) is 9.05. The first-order valence-corrected chi connectivity index (χ1v) is 8.79. The van der Waals surface area contributed by atoms with Crippen LogP contribution < -0.4 is 4.72 Å². The lowest BCUT2D eigenvalue weighted by Crippen LogP contribution is -2.31. The second-order valence-electron chi connectivity index (χ2n) is 5.18. The van der Waals surface area contributed by atoms with E-state index in [0.717, 1.165) is 24.8 Å². The van der Waals surface area contributed by atoms with Crippen LogP contribution in [-0.4, -0.2) is 26.1 Å². The van der Waals surface area contributed by atoms with E-state index in [1.54, 1.807) is 0 Å². The van der Waals surface area contributed by atoms with E-state index >= 15 is 0 Å². The van der Waals surface area contributed by atoms with Crippen LogP contribution in [0.3, 0.4) is 0 Å². The largest absolute Gasteiger partial charge is 0.215 e. The van der Waals surface area contributed by atoms with Crippen LogP contribution >= 0.6 is 11.6 Å². The Kier molecular flexibility index (Phi) is 5.25. The Labute approximate surface area is 120 Å². The molecule has 1 aliphatic carbocycles. The Morgan fingerprint density at radius 1 is 1.21 bits per heavy atom. The molecule has 2 unspecified atom stereocenters. The number of benzene rings is 1. The van der Waals surface area contributed by atoms with Crippen LogP contribution in [0.25, 0.3) is 0 Å². The molecule has 0 heterocycles. The zero-order valence-corrected chi connectivity index (χ0v) is 12.5. The first-order valence-electron chi connectivity index (χ1n) is 6.70. The van der Waals surface area contributed by atoms with Gasteiger partial charge in [0.15, 0.2) is 0 Å². The molecule has 0 amide bonds. The van der Waals surface area contributed by atoms with Gasteiger partial charge < -0.3 is 0 Å². The van der Waals surface area contributed by atoms with E-state index in [2.05, 4.69) is 4.72 Å². The van der Waals surface area contributed by atoms with Crippen LogP contribution in [0, 0.1) is 5.92 Å². The third-order valence-electron chi connectivity index (χ3n) is 3.57. The third kappa shape index (κ3) is 5.13. The molecule has 0 saturated heterocycles. The smallest absolute Gasteiger partial charge is 0.211 e. The summed E-state index contributed by atoms with van der Waals surface area (Å²) in [4.78, 5) is 0. The Morgan fingerprint density at radius 2 is 1.95 bits per heavy atom. The van der Waals surface area contributed by atoms with Crippen molar-refractivity contribution in [2.75, 3.05) is 12.3 Å². The van der Waals surface area contributed by atoms with E-state index < -0.39 is 10.0 Å². The molecule has 2 atom stereocenters. The quantitative estimate of drug-likeness (QED) is 0.821. The van der Waals surface area contributed by atoms with Gasteiger partial charge in [-0.2, -0.15) is 0 Å². The van der Waals surface area contributed by atoms with Gasteiger partial charge in [0.05, 0.1) is 5.75 Å². The summed E-state index contributed by atoms with van der Waals surface area (Å²) in [5.41, 5.74) is 1.05. The van der Waals surface area contributed by atoms with E-state index in [1.807, 2.05) is 30.3 Å². The maximum atomic E-state index is 11.9. The molecule has 0 radical (unpaired) electrons. The lowest BCUT2D eigenvalue weighted by atomic mass is 10.1. The summed E-state index contributed by atoms with van der Waals surface area (Å²) < 4.78 is 26.5. The molecule has 1 saturated carbocycles. The summed E-state index contributed by atoms with van der Waals surface area (Å²) in [5.74, 6) is 0.544. The van der Waals surface area contributed by atoms with Crippen molar-refractivity contribution in [1.29, 1.82) is 0 Å². The SMILES string of the molecule is O=S(=O)(CCc1ccccc1)NCC1CCC(Cl)C1. The fourth-order valence-electron chi connectivity index (χ4n) is 2.41. The van der Waals surface area contributed by atoms with Gasteiger partial charge in [-0.25, -0.2) is 13.1 Å². The van der Waals surface area contributed by atoms with Crippen molar-refractivity contribution >= 4 is 21.6 Å². The molecular weight excluding hydrogens is 282 g/mol. The molecule has 0 spiro atoms. The maximum absolute atomic E-state index is 11.9. The number of sulfonamides is 1. The molecule has 0 bridgehead atoms. The Bertz CT molecular complexity index is 489. The van der Waals surface area contributed by atoms with E-state index in [1.165, 1.54) is 0 Å². The summed E-state index contributed by atoms with van der Waals surface area (Å²) in [6.07, 6.45) is 3.50. The van der Waals surface area contributed by atoms with Crippen molar-refractivity contribution in [3.05, 3.63) is 35.9 Å². The summed E-state index contributed by atoms with van der Waals surface area (Å²) in [7, 11) is -3.18. The fraction of sp³-hybridized carbons (Fsp3) is 0.571. The van der Waals surface area contributed by atoms with Crippen LogP contribution in [-0.2, 0) is 16.4 Å². The molecule has 2 rings (SSSR count). The molecule has 1 aromatic rings. The van der Waals surface area contributed by atoms with Crippen molar-refractivity contribution < 1.29 is 8.42 Å². The molecule has 0 aliphatic heterocycles. The highest BCUT2D eigenvalue weighted by atomic mass is 35.5. The van der Waals surface area contributed by atoms with Gasteiger partial charge in [0.2, 0.25) is 10.0 Å². The standard InChI is InChI=1S/C14H20ClNO2S/c15-14-7-6-13(10-14)11-16-19(17,18)9-8-12-4-2-1-3-5-12/h1-5,13-14,16H,6-11H2. The van der Waals surface area contributed by atoms with Gasteiger partial charge >= 0.3 is 0 Å². The molecule has 0 aromatic heterocycles. The van der Waals surface area contributed by atoms with Gasteiger partial charge in [0, 0.05) is 11.9 Å². The molecule has 1 aromatic carbocycles. The molecule has 1 N–H and O–H groups in total. The zero-order chi connectivity index (χ0) is 13.7. The van der Waals surface area contributed by atoms with Crippen molar-refractivity contribution in [3.63, 3.8) is 0 Å². The number of alkyl halides is 1. The summed E-state index contributed by atoms with van der Waals surface area (Å²) in [5, 5.41) is 0.221. The van der Waals surface area contributed by atoms with Crippen molar-refractivity contribution in [1.82, 2.24) is 4.72 Å². The molecular formula is C14H20ClNO2S. The van der Waals surface area contributed by atoms with E-state index in [0.29, 0.717) is 18.9 Å². The third-order valence-corrected chi connectivity index (χ3v) is 5.32. The van der Waals surface area contributed by atoms with Gasteiger partial charge in [0.25, 0.3) is 0 Å². The summed E-state index contributed by atoms with van der Waals surface area (Å²) in [6.45, 7) is 0.528. The van der Waals surface area contributed by atoms with Gasteiger partial charge in [0.1, 0.15) is 0 Å². The number of hydrogen-bond donors (Lipinski definition) is 1. The van der Waals surface area contributed by atoms with E-state index in [-0.39, 0.29) is 11.1 Å². The number of aryl methyl sites for hydroxylation is 1. The van der Waals surface area contributed by atoms with Crippen LogP contribution in [0.2, 0.25) is 0 Å². The van der Waals surface area contributed by atoms with Crippen LogP contribution in [0.1, 0.15) is 24.8 Å². The zero-order valence-electron chi connectivity index (χ0n) is 10.9. The maximum Gasteiger partial charge on any atom is 0.211 e. The summed E-state index contributed by atoms with van der Waals surface area (Å²) >= 11 is 6.02. The Balaban J connectivity index is 1.76. The predicted molar refractivity (Wildman–Crippen MR) is 78.9 cm³/mol. The fourth-order valence-corrected chi connectivity index (χ4v) is 3.93. The number of rotatable bonds is 6. The monoisotopic (exact) mass is 301 g/mol. The number of nitrogens with one attached hydrogen (secondary N) is 1. The minimum atomic E-state index is -3.18. The molecule has 1 aliphatic rings. The molecule has 1 fully saturated rings. The molecule has 5 heteroatoms. The Hall–Kier alpha value is -0.580. The highest BCUT2D eigenvalue weighted by molar-refractivity contribution is 7.89. The lowest BCUT2D eigenvalue weighted by molar-refractivity contribution is 0.520. The minimum Gasteiger partial charge on any atom is -0.215 e. The van der Waals surface area contributed by atoms with Gasteiger partial charge in [-0.3, -0.25) is 0 Å². The van der Waals surface area contributed by atoms with Crippen LogP contribution in [0.15, 0.2) is 30.3 Å². The van der Waals surface area contributed by atoms with Gasteiger partial charge in [-0.05, 0) is 37.2 Å². The van der Waals surface area contributed by atoms with E-state index in [9.17, 15) is 8.42 Å². The minimum absolute atomic E-state index is 0.147. The second-order valence-corrected chi connectivity index (χ2v) is 7.72. The predicted octanol–water partition coefficient (Wildman–Crippen LogP) is 2.56. The van der Waals surface area contributed by atoms with Crippen molar-refractivity contribution in [2.24, 2.45) is 5.92 Å². The van der Waals surface area contributed by atoms with Crippen molar-refractivity contribution in [3.8, 4) is 0 Å². The number of halogens is 1.